The van der Waals surface area contributed by atoms with Gasteiger partial charge in [-0.1, -0.05) is 18.2 Å². The second-order valence-electron chi connectivity index (χ2n) is 3.06. The first kappa shape index (κ1) is 9.71. The smallest absolute Gasteiger partial charge is 0.404 e. The van der Waals surface area contributed by atoms with Crippen LogP contribution in [0.3, 0.4) is 0 Å². The second kappa shape index (κ2) is 3.73. The van der Waals surface area contributed by atoms with Crippen molar-refractivity contribution < 1.29 is 18.1 Å². The maximum absolute atomic E-state index is 11.7. The zero-order valence-corrected chi connectivity index (χ0v) is 8.65. The highest BCUT2D eigenvalue weighted by molar-refractivity contribution is 7.49. The summed E-state index contributed by atoms with van der Waals surface area (Å²) in [5, 5.41) is 0. The molecule has 0 bridgehead atoms. The molecule has 2 atom stereocenters. The van der Waals surface area contributed by atoms with E-state index in [1.165, 1.54) is 0 Å². The summed E-state index contributed by atoms with van der Waals surface area (Å²) in [6.45, 7) is 2.10. The first-order chi connectivity index (χ1) is 6.68. The van der Waals surface area contributed by atoms with Gasteiger partial charge in [0.05, 0.1) is 12.7 Å². The van der Waals surface area contributed by atoms with Crippen molar-refractivity contribution in [2.45, 2.75) is 13.0 Å². The van der Waals surface area contributed by atoms with Gasteiger partial charge in [0.1, 0.15) is 5.75 Å². The van der Waals surface area contributed by atoms with Crippen molar-refractivity contribution in [3.05, 3.63) is 30.3 Å². The number of phosphoric acid groups is 1. The van der Waals surface area contributed by atoms with Crippen LogP contribution < -0.4 is 4.52 Å². The predicted octanol–water partition coefficient (Wildman–Crippen LogP) is 2.61. The van der Waals surface area contributed by atoms with Crippen molar-refractivity contribution in [1.29, 1.82) is 0 Å². The summed E-state index contributed by atoms with van der Waals surface area (Å²) < 4.78 is 26.9. The fourth-order valence-corrected chi connectivity index (χ4v) is 2.57. The van der Waals surface area contributed by atoms with Crippen molar-refractivity contribution in [2.24, 2.45) is 0 Å². The van der Waals surface area contributed by atoms with Crippen LogP contribution in [-0.2, 0) is 13.6 Å². The number of phosphoric ester groups is 1. The number of benzene rings is 1. The first-order valence-corrected chi connectivity index (χ1v) is 5.82. The number of hydrogen-bond donors (Lipinski definition) is 0. The molecule has 14 heavy (non-hydrogen) atoms. The molecule has 0 N–H and O–H groups in total. The van der Waals surface area contributed by atoms with Crippen LogP contribution in [0.25, 0.3) is 0 Å². The SMILES string of the molecule is CC1COP(=O)(Oc2ccccc2)O1. The summed E-state index contributed by atoms with van der Waals surface area (Å²) >= 11 is 0. The van der Waals surface area contributed by atoms with Gasteiger partial charge in [0.25, 0.3) is 0 Å². The van der Waals surface area contributed by atoms with Crippen molar-refractivity contribution in [1.82, 2.24) is 0 Å². The van der Waals surface area contributed by atoms with E-state index in [-0.39, 0.29) is 6.10 Å². The first-order valence-electron chi connectivity index (χ1n) is 4.36. The molecule has 4 nitrogen and oxygen atoms in total. The highest BCUT2D eigenvalue weighted by atomic mass is 31.2. The number of para-hydroxylation sites is 1. The largest absolute Gasteiger partial charge is 0.530 e. The summed E-state index contributed by atoms with van der Waals surface area (Å²) in [5.41, 5.74) is 0. The minimum absolute atomic E-state index is 0.176. The highest BCUT2D eigenvalue weighted by Gasteiger charge is 2.38. The van der Waals surface area contributed by atoms with Gasteiger partial charge in [0.15, 0.2) is 0 Å². The van der Waals surface area contributed by atoms with Gasteiger partial charge in [-0.05, 0) is 19.1 Å². The lowest BCUT2D eigenvalue weighted by Gasteiger charge is -2.10. The lowest BCUT2D eigenvalue weighted by molar-refractivity contribution is 0.234. The molecule has 1 aromatic carbocycles. The zero-order valence-electron chi connectivity index (χ0n) is 7.75. The van der Waals surface area contributed by atoms with Crippen LogP contribution in [0.1, 0.15) is 6.92 Å². The molecular weight excluding hydrogens is 203 g/mol. The molecule has 0 saturated carbocycles. The van der Waals surface area contributed by atoms with E-state index in [1.54, 1.807) is 31.2 Å². The molecule has 1 fully saturated rings. The monoisotopic (exact) mass is 214 g/mol. The molecule has 5 heteroatoms. The lowest BCUT2D eigenvalue weighted by Crippen LogP contribution is -2.00. The minimum atomic E-state index is -3.35. The lowest BCUT2D eigenvalue weighted by atomic mass is 10.3. The van der Waals surface area contributed by atoms with Gasteiger partial charge in [-0.3, -0.25) is 9.05 Å². The Bertz CT molecular complexity index is 351. The predicted molar refractivity (Wildman–Crippen MR) is 51.2 cm³/mol. The van der Waals surface area contributed by atoms with E-state index in [2.05, 4.69) is 0 Å². The van der Waals surface area contributed by atoms with Crippen molar-refractivity contribution >= 4 is 7.82 Å². The van der Waals surface area contributed by atoms with Gasteiger partial charge in [0.2, 0.25) is 0 Å². The molecule has 1 aromatic rings. The van der Waals surface area contributed by atoms with Gasteiger partial charge in [-0.15, -0.1) is 0 Å². The molecular formula is C9H11O4P. The van der Waals surface area contributed by atoms with E-state index in [9.17, 15) is 4.57 Å². The van der Waals surface area contributed by atoms with E-state index in [0.29, 0.717) is 12.4 Å². The third kappa shape index (κ3) is 2.15. The molecule has 2 unspecified atom stereocenters. The van der Waals surface area contributed by atoms with Crippen molar-refractivity contribution in [2.75, 3.05) is 6.61 Å². The average molecular weight is 214 g/mol. The van der Waals surface area contributed by atoms with Gasteiger partial charge < -0.3 is 4.52 Å². The van der Waals surface area contributed by atoms with E-state index < -0.39 is 7.82 Å². The Balaban J connectivity index is 2.08. The van der Waals surface area contributed by atoms with Crippen LogP contribution in [0.2, 0.25) is 0 Å². The maximum Gasteiger partial charge on any atom is 0.530 e. The summed E-state index contributed by atoms with van der Waals surface area (Å²) in [6.07, 6.45) is -0.176. The topological polar surface area (TPSA) is 44.8 Å². The Hall–Kier alpha value is -0.830. The average Bonchev–Trinajstić information content (AvgIpc) is 2.47. The summed E-state index contributed by atoms with van der Waals surface area (Å²) in [5.74, 6) is 0.491. The zero-order chi connectivity index (χ0) is 10.0. The molecule has 0 radical (unpaired) electrons. The Morgan fingerprint density at radius 3 is 2.71 bits per heavy atom. The molecule has 1 aliphatic rings. The molecule has 1 aliphatic heterocycles. The summed E-state index contributed by atoms with van der Waals surface area (Å²) in [6, 6.07) is 8.84. The van der Waals surface area contributed by atoms with E-state index in [0.717, 1.165) is 0 Å². The van der Waals surface area contributed by atoms with Gasteiger partial charge in [0, 0.05) is 0 Å². The molecule has 1 saturated heterocycles. The van der Waals surface area contributed by atoms with Gasteiger partial charge >= 0.3 is 7.82 Å². The Labute approximate surface area is 82.4 Å². The molecule has 1 heterocycles. The van der Waals surface area contributed by atoms with Crippen LogP contribution >= 0.6 is 7.82 Å². The van der Waals surface area contributed by atoms with E-state index in [1.807, 2.05) is 6.07 Å². The second-order valence-corrected chi connectivity index (χ2v) is 4.61. The Kier molecular flexibility index (Phi) is 2.59. The molecule has 0 aromatic heterocycles. The van der Waals surface area contributed by atoms with Crippen molar-refractivity contribution in [3.8, 4) is 5.75 Å². The van der Waals surface area contributed by atoms with Crippen LogP contribution in [0.15, 0.2) is 30.3 Å². The fourth-order valence-electron chi connectivity index (χ4n) is 1.14. The summed E-state index contributed by atoms with van der Waals surface area (Å²) in [4.78, 5) is 0. The normalized spacial score (nSPS) is 31.6. The van der Waals surface area contributed by atoms with Crippen LogP contribution in [0.5, 0.6) is 5.75 Å². The fraction of sp³-hybridized carbons (Fsp3) is 0.333. The third-order valence-electron chi connectivity index (χ3n) is 1.74. The number of rotatable bonds is 2. The van der Waals surface area contributed by atoms with E-state index in [4.69, 9.17) is 13.6 Å². The van der Waals surface area contributed by atoms with E-state index >= 15 is 0 Å². The number of hydrogen-bond acceptors (Lipinski definition) is 4. The minimum Gasteiger partial charge on any atom is -0.404 e. The van der Waals surface area contributed by atoms with Crippen LogP contribution in [0, 0.1) is 0 Å². The summed E-state index contributed by atoms with van der Waals surface area (Å²) in [7, 11) is -3.35. The molecule has 2 rings (SSSR count). The maximum atomic E-state index is 11.7. The van der Waals surface area contributed by atoms with Gasteiger partial charge in [-0.25, -0.2) is 4.57 Å². The molecule has 0 spiro atoms. The third-order valence-corrected chi connectivity index (χ3v) is 3.25. The Morgan fingerprint density at radius 1 is 1.43 bits per heavy atom. The van der Waals surface area contributed by atoms with Crippen LogP contribution in [-0.4, -0.2) is 12.7 Å². The molecule has 0 aliphatic carbocycles. The quantitative estimate of drug-likeness (QED) is 0.710. The molecule has 76 valence electrons. The van der Waals surface area contributed by atoms with Crippen molar-refractivity contribution in [3.63, 3.8) is 0 Å². The van der Waals surface area contributed by atoms with Crippen LogP contribution in [0.4, 0.5) is 0 Å². The molecule has 0 amide bonds. The van der Waals surface area contributed by atoms with Gasteiger partial charge in [-0.2, -0.15) is 0 Å². The Morgan fingerprint density at radius 2 is 2.14 bits per heavy atom. The highest BCUT2D eigenvalue weighted by Crippen LogP contribution is 2.54. The standard InChI is InChI=1S/C9H11O4P/c1-8-7-11-14(10,12-8)13-9-5-3-2-4-6-9/h2-6,8H,7H2,1H3.